The van der Waals surface area contributed by atoms with Gasteiger partial charge in [-0.25, -0.2) is 8.78 Å². The average molecular weight is 414 g/mol. The Morgan fingerprint density at radius 3 is 1.36 bits per heavy atom. The first kappa shape index (κ1) is 23.9. The molecule has 0 aromatic rings. The largest absolute Gasteiger partial charge is 0.425 e. The zero-order chi connectivity index (χ0) is 20.7. The number of rotatable bonds is 8. The second kappa shape index (κ2) is 6.57. The van der Waals surface area contributed by atoms with Gasteiger partial charge < -0.3 is 4.74 Å². The molecule has 1 nitrogen and oxygen atoms in total. The maximum absolute atomic E-state index is 13.0. The van der Waals surface area contributed by atoms with Gasteiger partial charge in [0.15, 0.2) is 6.86 Å². The van der Waals surface area contributed by atoms with Crippen molar-refractivity contribution in [2.75, 3.05) is 13.5 Å². The Bertz CT molecular complexity index is 452. The number of hydrogen-bond acceptors (Lipinski definition) is 1. The van der Waals surface area contributed by atoms with Crippen LogP contribution in [0.3, 0.4) is 0 Å². The lowest BCUT2D eigenvalue weighted by atomic mass is 9.92. The highest BCUT2D eigenvalue weighted by molar-refractivity contribution is 5.10. The van der Waals surface area contributed by atoms with Crippen LogP contribution in [0.1, 0.15) is 0 Å². The monoisotopic (exact) mass is 414 g/mol. The van der Waals surface area contributed by atoms with Crippen LogP contribution < -0.4 is 0 Å². The Hall–Kier alpha value is -1.09. The van der Waals surface area contributed by atoms with E-state index in [1.807, 2.05) is 0 Å². The topological polar surface area (TPSA) is 9.23 Å². The van der Waals surface area contributed by atoms with Gasteiger partial charge in [0.25, 0.3) is 6.17 Å². The van der Waals surface area contributed by atoms with Gasteiger partial charge in [-0.05, 0) is 0 Å². The van der Waals surface area contributed by atoms with Gasteiger partial charge in [-0.1, -0.05) is 0 Å². The highest BCUT2D eigenvalue weighted by Gasteiger charge is 2.88. The Balaban J connectivity index is 6.11. The Morgan fingerprint density at radius 2 is 1.04 bits per heavy atom. The highest BCUT2D eigenvalue weighted by atomic mass is 19.4. The lowest BCUT2D eigenvalue weighted by molar-refractivity contribution is -0.420. The van der Waals surface area contributed by atoms with Crippen LogP contribution >= 0.6 is 0 Å². The summed E-state index contributed by atoms with van der Waals surface area (Å²) in [6.07, 6.45) is -13.0. The van der Waals surface area contributed by atoms with Crippen molar-refractivity contribution >= 4 is 0 Å². The fraction of sp³-hybridized carbons (Fsp3) is 1.00. The second-order valence-corrected chi connectivity index (χ2v) is 4.41. The summed E-state index contributed by atoms with van der Waals surface area (Å²) in [6.45, 7) is -5.34. The fourth-order valence-corrected chi connectivity index (χ4v) is 1.26. The van der Waals surface area contributed by atoms with E-state index in [1.165, 1.54) is 0 Å². The minimum atomic E-state index is -7.93. The fourth-order valence-electron chi connectivity index (χ4n) is 1.26. The summed E-state index contributed by atoms with van der Waals surface area (Å²) in [5.41, 5.74) is 0. The predicted octanol–water partition coefficient (Wildman–Crippen LogP) is 5.01. The molecule has 152 valence electrons. The first-order valence-electron chi connectivity index (χ1n) is 5.45. The van der Waals surface area contributed by atoms with E-state index in [2.05, 4.69) is 4.74 Å². The van der Waals surface area contributed by atoms with Crippen LogP contribution in [0, 0.1) is 0 Å². The summed E-state index contributed by atoms with van der Waals surface area (Å²) >= 11 is 0. The van der Waals surface area contributed by atoms with E-state index in [0.29, 0.717) is 0 Å². The molecule has 1 atom stereocenters. The lowest BCUT2D eigenvalue weighted by Gasteiger charge is -2.40. The third-order valence-electron chi connectivity index (χ3n) is 2.63. The molecule has 0 radical (unpaired) electrons. The highest BCUT2D eigenvalue weighted by Crippen LogP contribution is 2.59. The lowest BCUT2D eigenvalue weighted by Crippen LogP contribution is -2.70. The van der Waals surface area contributed by atoms with Crippen molar-refractivity contribution in [3.05, 3.63) is 0 Å². The minimum Gasteiger partial charge on any atom is -0.344 e. The third kappa shape index (κ3) is 3.72. The molecule has 0 aliphatic carbocycles. The van der Waals surface area contributed by atoms with Crippen molar-refractivity contribution in [3.8, 4) is 0 Å². The quantitative estimate of drug-likeness (QED) is 0.508. The molecule has 25 heavy (non-hydrogen) atoms. The molecule has 0 heterocycles. The maximum atomic E-state index is 13.0. The molecule has 0 saturated heterocycles. The van der Waals surface area contributed by atoms with Crippen molar-refractivity contribution in [1.82, 2.24) is 0 Å². The molecule has 0 aliphatic rings. The third-order valence-corrected chi connectivity index (χ3v) is 2.63. The number of alkyl halides is 15. The van der Waals surface area contributed by atoms with E-state index in [9.17, 15) is 65.9 Å². The normalized spacial score (nSPS) is 16.9. The summed E-state index contributed by atoms with van der Waals surface area (Å²) in [4.78, 5) is 0. The zero-order valence-electron chi connectivity index (χ0n) is 11.1. The maximum Gasteiger partial charge on any atom is 0.425 e. The van der Waals surface area contributed by atoms with E-state index in [0.717, 1.165) is 0 Å². The van der Waals surface area contributed by atoms with Gasteiger partial charge in [-0.2, -0.15) is 57.1 Å². The molecule has 0 rings (SSSR count). The zero-order valence-corrected chi connectivity index (χ0v) is 11.1. The van der Waals surface area contributed by atoms with Crippen LogP contribution in [-0.4, -0.2) is 55.4 Å². The average Bonchev–Trinajstić information content (AvgIpc) is 2.42. The second-order valence-electron chi connectivity index (χ2n) is 4.41. The molecule has 16 heteroatoms. The molecular weight excluding hydrogens is 409 g/mol. The SMILES string of the molecule is FCOCC(F)(F)C(F)(F)C(F)(F)C(F)(F)C(F)(F)C(F)C(F)(F)F. The van der Waals surface area contributed by atoms with Crippen LogP contribution in [0.25, 0.3) is 0 Å². The van der Waals surface area contributed by atoms with E-state index in [4.69, 9.17) is 0 Å². The summed E-state index contributed by atoms with van der Waals surface area (Å²) in [5.74, 6) is -37.3. The van der Waals surface area contributed by atoms with Gasteiger partial charge >= 0.3 is 35.8 Å². The summed E-state index contributed by atoms with van der Waals surface area (Å²) < 4.78 is 191. The van der Waals surface area contributed by atoms with Crippen molar-refractivity contribution < 1.29 is 70.6 Å². The van der Waals surface area contributed by atoms with Crippen LogP contribution in [0.2, 0.25) is 0 Å². The number of hydrogen-bond donors (Lipinski definition) is 0. The van der Waals surface area contributed by atoms with Gasteiger partial charge in [0.2, 0.25) is 0 Å². The molecular formula is C9H5F15O. The Kier molecular flexibility index (Phi) is 6.28. The smallest absolute Gasteiger partial charge is 0.344 e. The molecule has 0 aliphatic heterocycles. The van der Waals surface area contributed by atoms with Gasteiger partial charge in [0, 0.05) is 0 Å². The Labute approximate surface area is 127 Å². The molecule has 0 aromatic carbocycles. The van der Waals surface area contributed by atoms with Crippen molar-refractivity contribution in [2.24, 2.45) is 0 Å². The summed E-state index contributed by atoms with van der Waals surface area (Å²) in [7, 11) is 0. The first-order chi connectivity index (χ1) is 10.7. The van der Waals surface area contributed by atoms with Gasteiger partial charge in [-0.15, -0.1) is 0 Å². The molecule has 0 amide bonds. The van der Waals surface area contributed by atoms with E-state index in [-0.39, 0.29) is 0 Å². The molecule has 1 unspecified atom stereocenters. The first-order valence-corrected chi connectivity index (χ1v) is 5.45. The van der Waals surface area contributed by atoms with Crippen LogP contribution in [-0.2, 0) is 4.74 Å². The van der Waals surface area contributed by atoms with E-state index >= 15 is 0 Å². The molecule has 0 bridgehead atoms. The molecule has 0 aromatic heterocycles. The van der Waals surface area contributed by atoms with Crippen molar-refractivity contribution in [2.45, 2.75) is 42.0 Å². The summed E-state index contributed by atoms with van der Waals surface area (Å²) in [6, 6.07) is 0. The van der Waals surface area contributed by atoms with Crippen molar-refractivity contribution in [1.29, 1.82) is 0 Å². The van der Waals surface area contributed by atoms with E-state index in [1.54, 1.807) is 0 Å². The summed E-state index contributed by atoms with van der Waals surface area (Å²) in [5, 5.41) is 0. The Morgan fingerprint density at radius 1 is 0.640 bits per heavy atom. The predicted molar refractivity (Wildman–Crippen MR) is 47.6 cm³/mol. The molecule has 0 fully saturated rings. The number of ether oxygens (including phenoxy) is 1. The number of halogens is 15. The van der Waals surface area contributed by atoms with Gasteiger partial charge in [-0.3, -0.25) is 0 Å². The van der Waals surface area contributed by atoms with E-state index < -0.39 is 55.4 Å². The molecule has 0 N–H and O–H groups in total. The van der Waals surface area contributed by atoms with Gasteiger partial charge in [0.05, 0.1) is 0 Å². The molecule has 0 spiro atoms. The minimum absolute atomic E-state index is 2.32. The van der Waals surface area contributed by atoms with Crippen molar-refractivity contribution in [3.63, 3.8) is 0 Å². The van der Waals surface area contributed by atoms with Crippen LogP contribution in [0.5, 0.6) is 0 Å². The van der Waals surface area contributed by atoms with Crippen LogP contribution in [0.15, 0.2) is 0 Å². The molecule has 0 saturated carbocycles. The standard InChI is InChI=1S/C9H5F15O/c10-2-25-1-4(12,13)7(19,20)9(23,24)8(21,22)5(14,15)3(11)6(16,17)18/h3H,1-2H2. The van der Waals surface area contributed by atoms with Gasteiger partial charge in [0.1, 0.15) is 6.61 Å². The van der Waals surface area contributed by atoms with Crippen LogP contribution in [0.4, 0.5) is 65.9 Å².